The molecule has 8 heteroatoms. The minimum Gasteiger partial charge on any atom is -0.329 e. The number of alkyl halides is 3. The summed E-state index contributed by atoms with van der Waals surface area (Å²) in [7, 11) is 0. The van der Waals surface area contributed by atoms with E-state index >= 15 is 0 Å². The molecule has 0 amide bonds. The van der Waals surface area contributed by atoms with E-state index in [0.29, 0.717) is 12.1 Å². The number of hydrogen-bond donors (Lipinski definition) is 1. The molecule has 0 spiro atoms. The fraction of sp³-hybridized carbons (Fsp3) is 0.100. The van der Waals surface area contributed by atoms with Gasteiger partial charge in [-0.05, 0) is 12.1 Å². The summed E-state index contributed by atoms with van der Waals surface area (Å²) in [6.45, 7) is 0. The molecule has 0 saturated carbocycles. The van der Waals surface area contributed by atoms with E-state index in [4.69, 9.17) is 0 Å². The van der Waals surface area contributed by atoms with Crippen molar-refractivity contribution in [2.45, 2.75) is 6.18 Å². The Hall–Kier alpha value is -2.38. The van der Waals surface area contributed by atoms with Crippen LogP contribution < -0.4 is 5.56 Å². The minimum absolute atomic E-state index is 0.128. The van der Waals surface area contributed by atoms with Crippen LogP contribution in [0.25, 0.3) is 10.8 Å². The van der Waals surface area contributed by atoms with E-state index in [2.05, 4.69) is 4.98 Å². The van der Waals surface area contributed by atoms with Gasteiger partial charge in [0.05, 0.1) is 21.3 Å². The first-order chi connectivity index (χ1) is 8.30. The van der Waals surface area contributed by atoms with Crippen molar-refractivity contribution in [3.63, 3.8) is 0 Å². The molecule has 1 aromatic heterocycles. The van der Waals surface area contributed by atoms with Crippen LogP contribution in [-0.4, -0.2) is 9.91 Å². The first-order valence-corrected chi connectivity index (χ1v) is 4.68. The molecule has 0 saturated heterocycles. The number of nitrogens with zero attached hydrogens (tertiary/aromatic N) is 1. The highest BCUT2D eigenvalue weighted by Gasteiger charge is 2.33. The summed E-state index contributed by atoms with van der Waals surface area (Å²) in [6, 6.07) is 2.21. The fourth-order valence-electron chi connectivity index (χ4n) is 1.59. The normalized spacial score (nSPS) is 11.7. The van der Waals surface area contributed by atoms with E-state index in [9.17, 15) is 28.1 Å². The van der Waals surface area contributed by atoms with Gasteiger partial charge in [-0.25, -0.2) is 0 Å². The van der Waals surface area contributed by atoms with Crippen molar-refractivity contribution in [1.29, 1.82) is 0 Å². The number of H-pyrrole nitrogens is 1. The molecule has 0 aliphatic carbocycles. The largest absolute Gasteiger partial charge is 0.416 e. The van der Waals surface area contributed by atoms with E-state index < -0.39 is 27.9 Å². The van der Waals surface area contributed by atoms with Crippen LogP contribution in [0.4, 0.5) is 18.9 Å². The van der Waals surface area contributed by atoms with E-state index in [-0.39, 0.29) is 10.8 Å². The predicted octanol–water partition coefficient (Wildman–Crippen LogP) is 2.46. The number of nitro groups is 1. The van der Waals surface area contributed by atoms with Crippen LogP contribution in [0.2, 0.25) is 0 Å². The number of fused-ring (bicyclic) bond motifs is 1. The van der Waals surface area contributed by atoms with Gasteiger partial charge in [-0.15, -0.1) is 0 Å². The molecule has 0 fully saturated rings. The Balaban J connectivity index is 2.93. The monoisotopic (exact) mass is 258 g/mol. The van der Waals surface area contributed by atoms with Crippen molar-refractivity contribution in [1.82, 2.24) is 4.98 Å². The Morgan fingerprint density at radius 3 is 2.44 bits per heavy atom. The number of aromatic amines is 1. The van der Waals surface area contributed by atoms with Gasteiger partial charge in [0, 0.05) is 12.3 Å². The van der Waals surface area contributed by atoms with Crippen molar-refractivity contribution >= 4 is 16.5 Å². The Morgan fingerprint density at radius 2 is 1.89 bits per heavy atom. The minimum atomic E-state index is -4.75. The molecule has 0 radical (unpaired) electrons. The number of non-ortho nitro benzene ring substituents is 1. The number of nitro benzene ring substituents is 1. The number of hydrogen-bond acceptors (Lipinski definition) is 3. The molecule has 0 bridgehead atoms. The number of nitrogens with one attached hydrogen (secondary N) is 1. The molecular weight excluding hydrogens is 253 g/mol. The molecule has 1 aromatic carbocycles. The van der Waals surface area contributed by atoms with Gasteiger partial charge in [0.15, 0.2) is 0 Å². The van der Waals surface area contributed by atoms with Gasteiger partial charge in [-0.2, -0.15) is 13.2 Å². The highest BCUT2D eigenvalue weighted by atomic mass is 19.4. The third-order valence-corrected chi connectivity index (χ3v) is 2.39. The van der Waals surface area contributed by atoms with Gasteiger partial charge < -0.3 is 4.98 Å². The molecule has 5 nitrogen and oxygen atoms in total. The zero-order chi connectivity index (χ0) is 13.5. The molecular formula is C10H5F3N2O3. The molecule has 2 aromatic rings. The standard InChI is InChI=1S/C10H5F3N2O3/c11-10(12,13)5-3-7-6(1-2-14-9(7)16)8(4-5)15(17)18/h1-4H,(H,14,16). The summed E-state index contributed by atoms with van der Waals surface area (Å²) in [6.07, 6.45) is -3.60. The highest BCUT2D eigenvalue weighted by molar-refractivity contribution is 5.90. The van der Waals surface area contributed by atoms with Gasteiger partial charge in [0.2, 0.25) is 0 Å². The van der Waals surface area contributed by atoms with Crippen molar-refractivity contribution in [2.24, 2.45) is 0 Å². The Labute approximate surface area is 97.0 Å². The highest BCUT2D eigenvalue weighted by Crippen LogP contribution is 2.34. The van der Waals surface area contributed by atoms with Crippen LogP contribution in [0, 0.1) is 10.1 Å². The van der Waals surface area contributed by atoms with Crippen LogP contribution in [0.5, 0.6) is 0 Å². The SMILES string of the molecule is O=c1[nH]ccc2c([N+](=O)[O-])cc(C(F)(F)F)cc12. The quantitative estimate of drug-likeness (QED) is 0.630. The molecule has 0 atom stereocenters. The van der Waals surface area contributed by atoms with Crippen molar-refractivity contribution < 1.29 is 18.1 Å². The van der Waals surface area contributed by atoms with Gasteiger partial charge in [-0.1, -0.05) is 0 Å². The number of halogens is 3. The topological polar surface area (TPSA) is 76.0 Å². The smallest absolute Gasteiger partial charge is 0.329 e. The molecule has 94 valence electrons. The van der Waals surface area contributed by atoms with Crippen molar-refractivity contribution in [3.05, 3.63) is 50.4 Å². The van der Waals surface area contributed by atoms with Crippen molar-refractivity contribution in [3.8, 4) is 0 Å². The van der Waals surface area contributed by atoms with Gasteiger partial charge in [-0.3, -0.25) is 14.9 Å². The lowest BCUT2D eigenvalue weighted by molar-refractivity contribution is -0.383. The molecule has 1 heterocycles. The lowest BCUT2D eigenvalue weighted by Gasteiger charge is -2.07. The van der Waals surface area contributed by atoms with E-state index in [1.54, 1.807) is 0 Å². The molecule has 0 aliphatic heterocycles. The first-order valence-electron chi connectivity index (χ1n) is 4.68. The first kappa shape index (κ1) is 12.1. The molecule has 0 aliphatic rings. The number of benzene rings is 1. The zero-order valence-electron chi connectivity index (χ0n) is 8.62. The lowest BCUT2D eigenvalue weighted by atomic mass is 10.1. The third-order valence-electron chi connectivity index (χ3n) is 2.39. The maximum atomic E-state index is 12.6. The summed E-state index contributed by atoms with van der Waals surface area (Å²) in [5, 5.41) is 10.2. The molecule has 1 N–H and O–H groups in total. The summed E-state index contributed by atoms with van der Waals surface area (Å²) < 4.78 is 37.7. The average Bonchev–Trinajstić information content (AvgIpc) is 2.27. The zero-order valence-corrected chi connectivity index (χ0v) is 8.62. The molecule has 0 unspecified atom stereocenters. The van der Waals surface area contributed by atoms with Crippen LogP contribution in [-0.2, 0) is 6.18 Å². The second-order valence-corrected chi connectivity index (χ2v) is 3.52. The number of aromatic nitrogens is 1. The maximum Gasteiger partial charge on any atom is 0.416 e. The third kappa shape index (κ3) is 1.92. The second-order valence-electron chi connectivity index (χ2n) is 3.52. The summed E-state index contributed by atoms with van der Waals surface area (Å²) in [4.78, 5) is 23.3. The van der Waals surface area contributed by atoms with Crippen LogP contribution in [0.3, 0.4) is 0 Å². The Morgan fingerprint density at radius 1 is 1.22 bits per heavy atom. The van der Waals surface area contributed by atoms with Crippen LogP contribution in [0.15, 0.2) is 29.2 Å². The van der Waals surface area contributed by atoms with Crippen LogP contribution >= 0.6 is 0 Å². The Bertz CT molecular complexity index is 691. The van der Waals surface area contributed by atoms with E-state index in [1.165, 1.54) is 6.07 Å². The molecule has 2 rings (SSSR count). The number of rotatable bonds is 1. The predicted molar refractivity (Wildman–Crippen MR) is 56.2 cm³/mol. The fourth-order valence-corrected chi connectivity index (χ4v) is 1.59. The maximum absolute atomic E-state index is 12.6. The van der Waals surface area contributed by atoms with Gasteiger partial charge in [0.1, 0.15) is 0 Å². The van der Waals surface area contributed by atoms with Gasteiger partial charge >= 0.3 is 6.18 Å². The molecule has 18 heavy (non-hydrogen) atoms. The Kier molecular flexibility index (Phi) is 2.57. The van der Waals surface area contributed by atoms with E-state index in [1.807, 2.05) is 0 Å². The summed E-state index contributed by atoms with van der Waals surface area (Å²) >= 11 is 0. The second kappa shape index (κ2) is 3.83. The lowest BCUT2D eigenvalue weighted by Crippen LogP contribution is -2.10. The van der Waals surface area contributed by atoms with E-state index in [0.717, 1.165) is 6.20 Å². The van der Waals surface area contributed by atoms with Crippen LogP contribution in [0.1, 0.15) is 5.56 Å². The van der Waals surface area contributed by atoms with Gasteiger partial charge in [0.25, 0.3) is 11.2 Å². The number of pyridine rings is 1. The average molecular weight is 258 g/mol. The summed E-state index contributed by atoms with van der Waals surface area (Å²) in [5.41, 5.74) is -2.77. The summed E-state index contributed by atoms with van der Waals surface area (Å²) in [5.74, 6) is 0. The van der Waals surface area contributed by atoms with Crippen molar-refractivity contribution in [2.75, 3.05) is 0 Å².